The maximum atomic E-state index is 12.7. The molecule has 0 aromatic heterocycles. The van der Waals surface area contributed by atoms with E-state index < -0.39 is 10.4 Å². The summed E-state index contributed by atoms with van der Waals surface area (Å²) in [5, 5.41) is 2.09. The predicted molar refractivity (Wildman–Crippen MR) is 156 cm³/mol. The maximum absolute atomic E-state index is 12.7. The molecule has 2 aromatic rings. The average molecular weight is 569 g/mol. The highest BCUT2D eigenvalue weighted by molar-refractivity contribution is 7.80. The summed E-state index contributed by atoms with van der Waals surface area (Å²) in [7, 11) is -2.19. The van der Waals surface area contributed by atoms with Gasteiger partial charge < -0.3 is 18.6 Å². The highest BCUT2D eigenvalue weighted by atomic mass is 32.3. The number of rotatable bonds is 8. The summed E-state index contributed by atoms with van der Waals surface area (Å²) in [5.74, 6) is 0.445. The zero-order chi connectivity index (χ0) is 29.4. The van der Waals surface area contributed by atoms with E-state index in [4.69, 9.17) is 9.15 Å². The minimum Gasteiger partial charge on any atom is -0.726 e. The molecule has 0 saturated carbocycles. The monoisotopic (exact) mass is 568 g/mol. The summed E-state index contributed by atoms with van der Waals surface area (Å²) in [6.07, 6.45) is 0. The fourth-order valence-electron chi connectivity index (χ4n) is 4.72. The molecule has 2 aromatic carbocycles. The Balaban J connectivity index is 0.000000663. The number of anilines is 1. The lowest BCUT2D eigenvalue weighted by molar-refractivity contribution is 0.0601. The second-order valence-corrected chi connectivity index (χ2v) is 9.94. The molecule has 1 aliphatic carbocycles. The van der Waals surface area contributed by atoms with Crippen molar-refractivity contribution in [2.24, 2.45) is 0 Å². The molecule has 0 N–H and O–H groups in total. The van der Waals surface area contributed by atoms with Gasteiger partial charge >= 0.3 is 5.97 Å². The molecular weight excluding hydrogens is 532 g/mol. The second kappa shape index (κ2) is 13.6. The van der Waals surface area contributed by atoms with E-state index in [2.05, 4.69) is 77.8 Å². The van der Waals surface area contributed by atoms with Gasteiger partial charge in [-0.15, -0.1) is 0 Å². The Hall–Kier alpha value is -3.73. The number of hydrogen-bond acceptors (Lipinski definition) is 8. The predicted octanol–water partition coefficient (Wildman–Crippen LogP) is 4.74. The van der Waals surface area contributed by atoms with Crippen LogP contribution in [0.25, 0.3) is 33.4 Å². The Morgan fingerprint density at radius 3 is 2.15 bits per heavy atom. The first-order valence-electron chi connectivity index (χ1n) is 13.1. The summed E-state index contributed by atoms with van der Waals surface area (Å²) >= 11 is 0. The molecule has 0 radical (unpaired) electrons. The molecule has 10 heteroatoms. The van der Waals surface area contributed by atoms with Gasteiger partial charge in [0.2, 0.25) is 15.8 Å². The van der Waals surface area contributed by atoms with Gasteiger partial charge in [-0.2, -0.15) is 0 Å². The highest BCUT2D eigenvalue weighted by Gasteiger charge is 2.23. The van der Waals surface area contributed by atoms with Crippen molar-refractivity contribution in [3.8, 4) is 22.5 Å². The van der Waals surface area contributed by atoms with Crippen LogP contribution in [0.4, 0.5) is 5.69 Å². The van der Waals surface area contributed by atoms with Crippen molar-refractivity contribution in [1.29, 1.82) is 0 Å². The molecule has 40 heavy (non-hydrogen) atoms. The third-order valence-electron chi connectivity index (χ3n) is 6.75. The van der Waals surface area contributed by atoms with Gasteiger partial charge in [0.25, 0.3) is 0 Å². The van der Waals surface area contributed by atoms with Crippen molar-refractivity contribution >= 4 is 33.0 Å². The first-order chi connectivity index (χ1) is 19.1. The number of hydrogen-bond donors (Lipinski definition) is 0. The molecule has 1 aliphatic heterocycles. The van der Waals surface area contributed by atoms with Crippen molar-refractivity contribution in [3.63, 3.8) is 0 Å². The van der Waals surface area contributed by atoms with E-state index in [9.17, 15) is 17.8 Å². The van der Waals surface area contributed by atoms with Gasteiger partial charge in [0.1, 0.15) is 24.4 Å². The molecule has 0 saturated heterocycles. The van der Waals surface area contributed by atoms with Crippen LogP contribution in [-0.4, -0.2) is 59.3 Å². The number of ether oxygens (including phenoxy) is 1. The van der Waals surface area contributed by atoms with Gasteiger partial charge in [0.15, 0.2) is 0 Å². The maximum Gasteiger partial charge on any atom is 0.338 e. The number of esters is 1. The van der Waals surface area contributed by atoms with Crippen LogP contribution < -0.4 is 14.8 Å². The topological polar surface area (TPSA) is 112 Å². The van der Waals surface area contributed by atoms with Crippen LogP contribution in [0.3, 0.4) is 0 Å². The van der Waals surface area contributed by atoms with E-state index in [0.29, 0.717) is 5.56 Å². The number of benzene rings is 3. The van der Waals surface area contributed by atoms with Crippen LogP contribution in [0, 0.1) is 0 Å². The number of methoxy groups -OCH3 is 1. The van der Waals surface area contributed by atoms with Gasteiger partial charge in [-0.25, -0.2) is 17.8 Å². The molecule has 0 atom stereocenters. The summed E-state index contributed by atoms with van der Waals surface area (Å²) < 4.78 is 45.0. The molecule has 0 bridgehead atoms. The van der Waals surface area contributed by atoms with Crippen molar-refractivity contribution in [3.05, 3.63) is 71.6 Å². The molecule has 0 spiro atoms. The molecule has 214 valence electrons. The smallest absolute Gasteiger partial charge is 0.338 e. The van der Waals surface area contributed by atoms with Gasteiger partial charge in [-0.1, -0.05) is 18.2 Å². The van der Waals surface area contributed by atoms with E-state index in [1.807, 2.05) is 24.3 Å². The van der Waals surface area contributed by atoms with Gasteiger partial charge in [-0.3, -0.25) is 4.18 Å². The zero-order valence-corrected chi connectivity index (χ0v) is 24.6. The Morgan fingerprint density at radius 2 is 1.57 bits per heavy atom. The summed E-state index contributed by atoms with van der Waals surface area (Å²) in [6, 6.07) is 20.3. The van der Waals surface area contributed by atoms with E-state index in [1.165, 1.54) is 7.11 Å². The number of carbonyl (C=O) groups excluding carboxylic acids is 1. The van der Waals surface area contributed by atoms with E-state index >= 15 is 0 Å². The van der Waals surface area contributed by atoms with Crippen molar-refractivity contribution < 1.29 is 31.1 Å². The SMILES string of the molecule is CCN(CC)c1ccc2c(-c3ccccc3C(=O)OC)c3ccc(=[N+](CC)CC)cc-3oc2c1.COS(=O)(=O)[O-]. The normalized spacial score (nSPS) is 11.2. The lowest BCUT2D eigenvalue weighted by atomic mass is 9.90. The second-order valence-electron chi connectivity index (χ2n) is 8.79. The number of nitrogens with zero attached hydrogens (tertiary/aromatic N) is 2. The Morgan fingerprint density at radius 1 is 0.925 bits per heavy atom. The van der Waals surface area contributed by atoms with Crippen LogP contribution in [0.1, 0.15) is 38.1 Å². The molecule has 0 unspecified atom stereocenters. The third kappa shape index (κ3) is 6.88. The molecule has 9 nitrogen and oxygen atoms in total. The quantitative estimate of drug-likeness (QED) is 0.0985. The molecule has 2 aliphatic rings. The van der Waals surface area contributed by atoms with Crippen LogP contribution in [0.15, 0.2) is 65.1 Å². The van der Waals surface area contributed by atoms with Crippen LogP contribution in [-0.2, 0) is 19.3 Å². The average Bonchev–Trinajstić information content (AvgIpc) is 2.96. The van der Waals surface area contributed by atoms with E-state index in [-0.39, 0.29) is 5.97 Å². The zero-order valence-electron chi connectivity index (χ0n) is 23.8. The van der Waals surface area contributed by atoms with Crippen molar-refractivity contribution in [2.45, 2.75) is 27.7 Å². The Bertz CT molecular complexity index is 1620. The van der Waals surface area contributed by atoms with Gasteiger partial charge in [-0.05, 0) is 57.5 Å². The Labute approximate surface area is 235 Å². The number of fused-ring (bicyclic) bond motifs is 2. The summed E-state index contributed by atoms with van der Waals surface area (Å²) in [6.45, 7) is 12.3. The van der Waals surface area contributed by atoms with E-state index in [1.54, 1.807) is 0 Å². The summed E-state index contributed by atoms with van der Waals surface area (Å²) in [5.41, 5.74) is 5.24. The van der Waals surface area contributed by atoms with E-state index in [0.717, 1.165) is 77.8 Å². The summed E-state index contributed by atoms with van der Waals surface area (Å²) in [4.78, 5) is 15.0. The van der Waals surface area contributed by atoms with Crippen LogP contribution >= 0.6 is 0 Å². The molecule has 4 rings (SSSR count). The van der Waals surface area contributed by atoms with Crippen molar-refractivity contribution in [2.75, 3.05) is 45.3 Å². The standard InChI is InChI=1S/C29H33N2O3.CH4O4S/c1-6-30(7-2)20-14-16-24-26(18-20)34-27-19-21(31(8-3)9-4)15-17-25(27)28(24)22-12-10-11-13-23(22)29(32)33-5;1-5-6(2,3)4/h10-19H,6-9H2,1-5H3;1H3,(H,2,3,4)/q+1;/p-1. The van der Waals surface area contributed by atoms with Gasteiger partial charge in [0, 0.05) is 47.4 Å². The van der Waals surface area contributed by atoms with Crippen LogP contribution in [0.5, 0.6) is 0 Å². The third-order valence-corrected chi connectivity index (χ3v) is 7.16. The van der Waals surface area contributed by atoms with Crippen LogP contribution in [0.2, 0.25) is 0 Å². The number of carbonyl (C=O) groups is 1. The molecular formula is C30H36N2O7S. The highest BCUT2D eigenvalue weighted by Crippen LogP contribution is 2.42. The van der Waals surface area contributed by atoms with Crippen molar-refractivity contribution in [1.82, 2.24) is 4.58 Å². The fraction of sp³-hybridized carbons (Fsp3) is 0.333. The minimum absolute atomic E-state index is 0.350. The lowest BCUT2D eigenvalue weighted by Crippen LogP contribution is -2.29. The molecule has 1 heterocycles. The molecule has 0 fully saturated rings. The Kier molecular flexibility index (Phi) is 10.4. The lowest BCUT2D eigenvalue weighted by Gasteiger charge is -2.22. The first-order valence-corrected chi connectivity index (χ1v) is 14.5. The minimum atomic E-state index is -4.41. The first kappa shape index (κ1) is 30.8. The fourth-order valence-corrected chi connectivity index (χ4v) is 4.72. The van der Waals surface area contributed by atoms with Gasteiger partial charge in [0.05, 0.1) is 25.8 Å². The molecule has 0 amide bonds. The largest absolute Gasteiger partial charge is 0.726 e.